The van der Waals surface area contributed by atoms with Crippen LogP contribution < -0.4 is 16.4 Å². The first-order valence-electron chi connectivity index (χ1n) is 10.6. The van der Waals surface area contributed by atoms with Crippen LogP contribution >= 0.6 is 0 Å². The Bertz CT molecular complexity index is 1840. The maximum absolute atomic E-state index is 13.0. The summed E-state index contributed by atoms with van der Waals surface area (Å²) >= 11 is 0. The van der Waals surface area contributed by atoms with Gasteiger partial charge in [0.05, 0.1) is 10.6 Å². The SMILES string of the molecule is Nc1cccc(C(=O)Nc2cccc(C(=O)Nc3cc4c(O)cc(S(=O)(=O)O)cc4cc3S(=O)(=O)O)c2)c1. The van der Waals surface area contributed by atoms with Crippen molar-refractivity contribution in [3.8, 4) is 5.75 Å². The molecule has 0 atom stereocenters. The lowest BCUT2D eigenvalue weighted by molar-refractivity contribution is 0.101. The number of rotatable bonds is 6. The summed E-state index contributed by atoms with van der Waals surface area (Å²) in [6, 6.07) is 15.4. The van der Waals surface area contributed by atoms with Crippen molar-refractivity contribution in [1.29, 1.82) is 0 Å². The number of nitrogens with one attached hydrogen (secondary N) is 2. The number of hydrogen-bond donors (Lipinski definition) is 6. The minimum absolute atomic E-state index is 0.00250. The zero-order valence-electron chi connectivity index (χ0n) is 19.1. The number of benzene rings is 4. The van der Waals surface area contributed by atoms with Crippen LogP contribution in [-0.4, -0.2) is 42.9 Å². The summed E-state index contributed by atoms with van der Waals surface area (Å²) in [6.45, 7) is 0. The van der Waals surface area contributed by atoms with E-state index in [4.69, 9.17) is 5.73 Å². The molecule has 0 aromatic heterocycles. The van der Waals surface area contributed by atoms with Crippen LogP contribution in [0, 0.1) is 0 Å². The first-order chi connectivity index (χ1) is 17.7. The second-order valence-electron chi connectivity index (χ2n) is 8.08. The minimum Gasteiger partial charge on any atom is -0.507 e. The van der Waals surface area contributed by atoms with Crippen LogP contribution in [0.3, 0.4) is 0 Å². The van der Waals surface area contributed by atoms with Crippen molar-refractivity contribution in [2.24, 2.45) is 0 Å². The first-order valence-corrected chi connectivity index (χ1v) is 13.4. The van der Waals surface area contributed by atoms with Crippen LogP contribution in [0.25, 0.3) is 10.8 Å². The fourth-order valence-corrected chi connectivity index (χ4v) is 4.82. The highest BCUT2D eigenvalue weighted by Gasteiger charge is 2.22. The Morgan fingerprint density at radius 2 is 1.37 bits per heavy atom. The number of fused-ring (bicyclic) bond motifs is 1. The second kappa shape index (κ2) is 9.75. The topological polar surface area (TPSA) is 213 Å². The third-order valence-electron chi connectivity index (χ3n) is 5.36. The summed E-state index contributed by atoms with van der Waals surface area (Å²) in [5.41, 5.74) is 6.19. The molecule has 38 heavy (non-hydrogen) atoms. The quantitative estimate of drug-likeness (QED) is 0.150. The average Bonchev–Trinajstić information content (AvgIpc) is 2.83. The second-order valence-corrected chi connectivity index (χ2v) is 10.9. The number of nitrogen functional groups attached to an aromatic ring is 1. The highest BCUT2D eigenvalue weighted by molar-refractivity contribution is 7.86. The molecular formula is C24H19N3O9S2. The van der Waals surface area contributed by atoms with E-state index in [1.165, 1.54) is 30.3 Å². The zero-order valence-corrected chi connectivity index (χ0v) is 20.7. The fourth-order valence-electron chi connectivity index (χ4n) is 3.62. The number of phenols is 1. The Balaban J connectivity index is 1.68. The molecule has 4 aromatic rings. The van der Waals surface area contributed by atoms with Crippen molar-refractivity contribution in [2.45, 2.75) is 9.79 Å². The summed E-state index contributed by atoms with van der Waals surface area (Å²) in [4.78, 5) is 24.0. The van der Waals surface area contributed by atoms with Gasteiger partial charge in [-0.1, -0.05) is 12.1 Å². The van der Waals surface area contributed by atoms with E-state index >= 15 is 0 Å². The third-order valence-corrected chi connectivity index (χ3v) is 7.08. The number of anilines is 3. The van der Waals surface area contributed by atoms with Crippen molar-refractivity contribution in [1.82, 2.24) is 0 Å². The van der Waals surface area contributed by atoms with Crippen LogP contribution in [0.15, 0.2) is 82.6 Å². The van der Waals surface area contributed by atoms with Gasteiger partial charge < -0.3 is 21.5 Å². The van der Waals surface area contributed by atoms with Crippen molar-refractivity contribution >= 4 is 59.9 Å². The molecule has 0 bridgehead atoms. The Labute approximate surface area is 216 Å². The van der Waals surface area contributed by atoms with Gasteiger partial charge in [-0.05, 0) is 60.0 Å². The standard InChI is InChI=1S/C24H19N3O9S2/c25-16-5-1-3-13(7-16)23(29)26-17-6-2-4-14(8-17)24(30)27-20-12-19-15(10-22(20)38(34,35)36)9-18(11-21(19)28)37(31,32)33/h1-12,28H,25H2,(H,26,29)(H,27,30)(H,31,32,33)(H,34,35,36). The molecule has 0 heterocycles. The molecular weight excluding hydrogens is 538 g/mol. The molecule has 7 N–H and O–H groups in total. The normalized spacial score (nSPS) is 11.7. The number of amides is 2. The van der Waals surface area contributed by atoms with Gasteiger partial charge >= 0.3 is 0 Å². The molecule has 14 heteroatoms. The van der Waals surface area contributed by atoms with Crippen molar-refractivity contribution in [3.05, 3.63) is 83.9 Å². The van der Waals surface area contributed by atoms with Crippen LogP contribution in [-0.2, 0) is 20.2 Å². The highest BCUT2D eigenvalue weighted by Crippen LogP contribution is 2.35. The number of phenolic OH excluding ortho intramolecular Hbond substituents is 1. The molecule has 4 rings (SSSR count). The van der Waals surface area contributed by atoms with E-state index in [0.29, 0.717) is 5.69 Å². The Morgan fingerprint density at radius 3 is 2.00 bits per heavy atom. The highest BCUT2D eigenvalue weighted by atomic mass is 32.2. The lowest BCUT2D eigenvalue weighted by atomic mass is 10.1. The van der Waals surface area contributed by atoms with Gasteiger partial charge in [-0.15, -0.1) is 0 Å². The van der Waals surface area contributed by atoms with Crippen LogP contribution in [0.2, 0.25) is 0 Å². The van der Waals surface area contributed by atoms with E-state index in [9.17, 15) is 40.6 Å². The maximum Gasteiger partial charge on any atom is 0.296 e. The molecule has 0 aliphatic heterocycles. The van der Waals surface area contributed by atoms with Gasteiger partial charge in [0.25, 0.3) is 32.1 Å². The number of nitrogens with two attached hydrogens (primary N) is 1. The monoisotopic (exact) mass is 557 g/mol. The van der Waals surface area contributed by atoms with E-state index in [2.05, 4.69) is 10.6 Å². The number of aromatic hydroxyl groups is 1. The van der Waals surface area contributed by atoms with Gasteiger partial charge in [-0.25, -0.2) is 0 Å². The molecule has 0 aliphatic rings. The lowest BCUT2D eigenvalue weighted by Gasteiger charge is -2.13. The minimum atomic E-state index is -4.95. The van der Waals surface area contributed by atoms with Gasteiger partial charge in [0.15, 0.2) is 0 Å². The van der Waals surface area contributed by atoms with Gasteiger partial charge in [0, 0.05) is 34.0 Å². The summed E-state index contributed by atoms with van der Waals surface area (Å²) < 4.78 is 66.0. The molecule has 0 radical (unpaired) electrons. The lowest BCUT2D eigenvalue weighted by Crippen LogP contribution is -2.16. The number of carbonyl (C=O) groups is 2. The van der Waals surface area contributed by atoms with E-state index < -0.39 is 53.3 Å². The molecule has 0 saturated heterocycles. The maximum atomic E-state index is 13.0. The first kappa shape index (κ1) is 26.6. The van der Waals surface area contributed by atoms with E-state index in [0.717, 1.165) is 24.3 Å². The largest absolute Gasteiger partial charge is 0.507 e. The Kier molecular flexibility index (Phi) is 6.82. The van der Waals surface area contributed by atoms with Gasteiger partial charge in [-0.2, -0.15) is 16.8 Å². The number of carbonyl (C=O) groups excluding carboxylic acids is 2. The molecule has 196 valence electrons. The Hall–Kier alpha value is -4.50. The molecule has 12 nitrogen and oxygen atoms in total. The van der Waals surface area contributed by atoms with Crippen molar-refractivity contribution < 1.29 is 40.6 Å². The average molecular weight is 558 g/mol. The molecule has 0 aliphatic carbocycles. The zero-order chi connectivity index (χ0) is 27.8. The van der Waals surface area contributed by atoms with E-state index in [1.807, 2.05) is 0 Å². The molecule has 4 aromatic carbocycles. The van der Waals surface area contributed by atoms with Crippen LogP contribution in [0.1, 0.15) is 20.7 Å². The molecule has 0 spiro atoms. The predicted octanol–water partition coefficient (Wildman–Crippen LogP) is 3.13. The third kappa shape index (κ3) is 5.73. The van der Waals surface area contributed by atoms with Gasteiger partial charge in [-0.3, -0.25) is 18.7 Å². The van der Waals surface area contributed by atoms with Crippen LogP contribution in [0.5, 0.6) is 5.75 Å². The van der Waals surface area contributed by atoms with E-state index in [1.54, 1.807) is 18.2 Å². The molecule has 2 amide bonds. The van der Waals surface area contributed by atoms with Gasteiger partial charge in [0.2, 0.25) is 0 Å². The summed E-state index contributed by atoms with van der Waals surface area (Å²) in [5.74, 6) is -1.96. The smallest absolute Gasteiger partial charge is 0.296 e. The van der Waals surface area contributed by atoms with Crippen LogP contribution in [0.4, 0.5) is 17.1 Å². The summed E-state index contributed by atoms with van der Waals surface area (Å²) in [6.07, 6.45) is 0. The van der Waals surface area contributed by atoms with E-state index in [-0.39, 0.29) is 27.6 Å². The molecule has 0 fully saturated rings. The Morgan fingerprint density at radius 1 is 0.737 bits per heavy atom. The molecule has 0 saturated carbocycles. The van der Waals surface area contributed by atoms with Crippen molar-refractivity contribution in [2.75, 3.05) is 16.4 Å². The number of hydrogen-bond acceptors (Lipinski definition) is 8. The van der Waals surface area contributed by atoms with Crippen molar-refractivity contribution in [3.63, 3.8) is 0 Å². The van der Waals surface area contributed by atoms with Gasteiger partial charge in [0.1, 0.15) is 10.6 Å². The molecule has 0 unspecified atom stereocenters. The summed E-state index contributed by atoms with van der Waals surface area (Å²) in [7, 11) is -9.69. The summed E-state index contributed by atoms with van der Waals surface area (Å²) in [5, 5.41) is 15.0. The fraction of sp³-hybridized carbons (Fsp3) is 0. The predicted molar refractivity (Wildman–Crippen MR) is 138 cm³/mol.